The highest BCUT2D eigenvalue weighted by molar-refractivity contribution is 6.31. The number of halogens is 1. The lowest BCUT2D eigenvalue weighted by atomic mass is 10.1. The number of nitrogens with one attached hydrogen (secondary N) is 1. The summed E-state index contributed by atoms with van der Waals surface area (Å²) in [5.74, 6) is 0.567. The molecule has 1 aromatic heterocycles. The summed E-state index contributed by atoms with van der Waals surface area (Å²) in [5, 5.41) is 8.86. The van der Waals surface area contributed by atoms with E-state index in [1.165, 1.54) is 6.33 Å². The van der Waals surface area contributed by atoms with E-state index in [4.69, 9.17) is 21.4 Å². The molecule has 0 aliphatic rings. The van der Waals surface area contributed by atoms with Crippen LogP contribution in [0.5, 0.6) is 11.6 Å². The molecule has 0 atom stereocenters. The number of hydrogen-bond acceptors (Lipinski definition) is 4. The van der Waals surface area contributed by atoms with E-state index in [0.29, 0.717) is 12.2 Å². The second-order valence-electron chi connectivity index (χ2n) is 3.53. The monoisotopic (exact) mass is 266 g/mol. The molecule has 2 aromatic rings. The average molecular weight is 267 g/mol. The number of para-hydroxylation sites is 1. The lowest BCUT2D eigenvalue weighted by molar-refractivity contribution is 0.297. The molecule has 0 amide bonds. The predicted octanol–water partition coefficient (Wildman–Crippen LogP) is 1.75. The highest BCUT2D eigenvalue weighted by Gasteiger charge is 2.10. The van der Waals surface area contributed by atoms with Crippen LogP contribution >= 0.6 is 11.6 Å². The van der Waals surface area contributed by atoms with Crippen LogP contribution in [0.4, 0.5) is 0 Å². The molecule has 0 saturated carbocycles. The van der Waals surface area contributed by atoms with Gasteiger partial charge in [0.1, 0.15) is 5.75 Å². The molecule has 0 unspecified atom stereocenters. The maximum absolute atomic E-state index is 11.3. The topological polar surface area (TPSA) is 75.2 Å². The summed E-state index contributed by atoms with van der Waals surface area (Å²) in [6, 6.07) is 7.18. The number of hydrogen-bond donors (Lipinski definition) is 2. The molecule has 0 saturated heterocycles. The van der Waals surface area contributed by atoms with Gasteiger partial charge in [-0.25, -0.2) is 4.98 Å². The predicted molar refractivity (Wildman–Crippen MR) is 67.2 cm³/mol. The van der Waals surface area contributed by atoms with Gasteiger partial charge in [-0.2, -0.15) is 0 Å². The number of nitrogens with zero attached hydrogens (tertiary/aromatic N) is 1. The van der Waals surface area contributed by atoms with Crippen LogP contribution in [-0.2, 0) is 6.42 Å². The highest BCUT2D eigenvalue weighted by Crippen LogP contribution is 2.26. The van der Waals surface area contributed by atoms with Gasteiger partial charge in [-0.15, -0.1) is 0 Å². The standard InChI is InChI=1S/C12H11ClN2O3/c13-10-11(17)14-7-15-12(10)18-9-4-2-1-3-8(9)5-6-16/h1-4,7,16H,5-6H2,(H,14,15,17). The van der Waals surface area contributed by atoms with Crippen molar-refractivity contribution in [3.05, 3.63) is 51.5 Å². The Labute approximate surface area is 108 Å². The summed E-state index contributed by atoms with van der Waals surface area (Å²) >= 11 is 5.79. The van der Waals surface area contributed by atoms with Crippen LogP contribution in [0.15, 0.2) is 35.4 Å². The van der Waals surface area contributed by atoms with Gasteiger partial charge in [0.15, 0.2) is 5.02 Å². The molecule has 0 aliphatic carbocycles. The second kappa shape index (κ2) is 5.66. The van der Waals surface area contributed by atoms with Crippen molar-refractivity contribution in [3.63, 3.8) is 0 Å². The lowest BCUT2D eigenvalue weighted by Crippen LogP contribution is -2.08. The van der Waals surface area contributed by atoms with E-state index in [2.05, 4.69) is 9.97 Å². The SMILES string of the molecule is O=c1[nH]cnc(Oc2ccccc2CCO)c1Cl. The summed E-state index contributed by atoms with van der Waals surface area (Å²) in [6.07, 6.45) is 1.68. The van der Waals surface area contributed by atoms with Gasteiger partial charge in [-0.05, 0) is 18.1 Å². The first kappa shape index (κ1) is 12.6. The number of H-pyrrole nitrogens is 1. The number of ether oxygens (including phenoxy) is 1. The molecule has 2 rings (SSSR count). The molecule has 1 heterocycles. The summed E-state index contributed by atoms with van der Waals surface area (Å²) < 4.78 is 5.50. The Morgan fingerprint density at radius 3 is 2.94 bits per heavy atom. The fourth-order valence-electron chi connectivity index (χ4n) is 1.47. The zero-order chi connectivity index (χ0) is 13.0. The maximum atomic E-state index is 11.3. The van der Waals surface area contributed by atoms with Crippen LogP contribution in [0.3, 0.4) is 0 Å². The van der Waals surface area contributed by atoms with E-state index < -0.39 is 5.56 Å². The van der Waals surface area contributed by atoms with Crippen LogP contribution in [0.1, 0.15) is 5.56 Å². The largest absolute Gasteiger partial charge is 0.437 e. The van der Waals surface area contributed by atoms with Crippen LogP contribution in [-0.4, -0.2) is 21.7 Å². The summed E-state index contributed by atoms with van der Waals surface area (Å²) in [6.45, 7) is 0.0108. The van der Waals surface area contributed by atoms with Crippen molar-refractivity contribution in [1.82, 2.24) is 9.97 Å². The normalized spacial score (nSPS) is 10.3. The first-order valence-electron chi connectivity index (χ1n) is 5.32. The molecule has 5 nitrogen and oxygen atoms in total. The second-order valence-corrected chi connectivity index (χ2v) is 3.91. The number of rotatable bonds is 4. The minimum Gasteiger partial charge on any atom is -0.437 e. The van der Waals surface area contributed by atoms with Crippen molar-refractivity contribution in [2.24, 2.45) is 0 Å². The fraction of sp³-hybridized carbons (Fsp3) is 0.167. The Morgan fingerprint density at radius 1 is 1.39 bits per heavy atom. The van der Waals surface area contributed by atoms with E-state index in [0.717, 1.165) is 5.56 Å². The molecule has 6 heteroatoms. The molecular formula is C12H11ClN2O3. The highest BCUT2D eigenvalue weighted by atomic mass is 35.5. The molecule has 0 spiro atoms. The van der Waals surface area contributed by atoms with Gasteiger partial charge in [-0.3, -0.25) is 4.79 Å². The van der Waals surface area contributed by atoms with Gasteiger partial charge in [-0.1, -0.05) is 29.8 Å². The third-order valence-corrected chi connectivity index (χ3v) is 2.66. The molecule has 0 bridgehead atoms. The Morgan fingerprint density at radius 2 is 2.17 bits per heavy atom. The van der Waals surface area contributed by atoms with E-state index in [-0.39, 0.29) is 17.5 Å². The Balaban J connectivity index is 2.34. The van der Waals surface area contributed by atoms with E-state index in [9.17, 15) is 4.79 Å². The Hall–Kier alpha value is -1.85. The van der Waals surface area contributed by atoms with Crippen molar-refractivity contribution in [3.8, 4) is 11.6 Å². The van der Waals surface area contributed by atoms with Crippen molar-refractivity contribution >= 4 is 11.6 Å². The van der Waals surface area contributed by atoms with Crippen LogP contribution in [0.2, 0.25) is 5.02 Å². The smallest absolute Gasteiger partial charge is 0.273 e. The molecule has 0 fully saturated rings. The quantitative estimate of drug-likeness (QED) is 0.884. The third-order valence-electron chi connectivity index (χ3n) is 2.32. The van der Waals surface area contributed by atoms with Crippen LogP contribution in [0, 0.1) is 0 Å². The fourth-order valence-corrected chi connectivity index (χ4v) is 1.61. The number of benzene rings is 1. The lowest BCUT2D eigenvalue weighted by Gasteiger charge is -2.09. The summed E-state index contributed by atoms with van der Waals surface area (Å²) in [4.78, 5) is 17.5. The number of aromatic nitrogens is 2. The maximum Gasteiger partial charge on any atom is 0.273 e. The zero-order valence-electron chi connectivity index (χ0n) is 9.39. The van der Waals surface area contributed by atoms with Gasteiger partial charge >= 0.3 is 0 Å². The molecule has 1 aromatic carbocycles. The molecule has 94 valence electrons. The van der Waals surface area contributed by atoms with Gasteiger partial charge < -0.3 is 14.8 Å². The molecule has 18 heavy (non-hydrogen) atoms. The first-order chi connectivity index (χ1) is 8.72. The zero-order valence-corrected chi connectivity index (χ0v) is 10.1. The Bertz CT molecular complexity index is 598. The molecule has 0 radical (unpaired) electrons. The van der Waals surface area contributed by atoms with Gasteiger partial charge in [0.05, 0.1) is 6.33 Å². The van der Waals surface area contributed by atoms with E-state index >= 15 is 0 Å². The third kappa shape index (κ3) is 2.69. The van der Waals surface area contributed by atoms with Gasteiger partial charge in [0.2, 0.25) is 5.88 Å². The van der Waals surface area contributed by atoms with Crippen molar-refractivity contribution in [2.45, 2.75) is 6.42 Å². The van der Waals surface area contributed by atoms with Crippen molar-refractivity contribution < 1.29 is 9.84 Å². The van der Waals surface area contributed by atoms with Crippen LogP contribution in [0.25, 0.3) is 0 Å². The minimum atomic E-state index is -0.457. The molecule has 0 aliphatic heterocycles. The first-order valence-corrected chi connectivity index (χ1v) is 5.70. The van der Waals surface area contributed by atoms with Gasteiger partial charge in [0, 0.05) is 6.61 Å². The number of aromatic amines is 1. The number of aliphatic hydroxyl groups excluding tert-OH is 1. The summed E-state index contributed by atoms with van der Waals surface area (Å²) in [7, 11) is 0. The van der Waals surface area contributed by atoms with Crippen molar-refractivity contribution in [2.75, 3.05) is 6.61 Å². The molecule has 2 N–H and O–H groups in total. The van der Waals surface area contributed by atoms with Crippen molar-refractivity contribution in [1.29, 1.82) is 0 Å². The summed E-state index contributed by atoms with van der Waals surface area (Å²) in [5.41, 5.74) is 0.361. The van der Waals surface area contributed by atoms with Gasteiger partial charge in [0.25, 0.3) is 5.56 Å². The van der Waals surface area contributed by atoms with E-state index in [1.54, 1.807) is 12.1 Å². The Kier molecular flexibility index (Phi) is 3.96. The average Bonchev–Trinajstić information content (AvgIpc) is 2.37. The minimum absolute atomic E-state index is 0.0108. The molecular weight excluding hydrogens is 256 g/mol. The van der Waals surface area contributed by atoms with Crippen LogP contribution < -0.4 is 10.3 Å². The van der Waals surface area contributed by atoms with E-state index in [1.807, 2.05) is 12.1 Å². The number of aliphatic hydroxyl groups is 1.